The van der Waals surface area contributed by atoms with Gasteiger partial charge >= 0.3 is 0 Å². The van der Waals surface area contributed by atoms with Crippen LogP contribution in [0.1, 0.15) is 43.7 Å². The second-order valence-corrected chi connectivity index (χ2v) is 6.27. The lowest BCUT2D eigenvalue weighted by Crippen LogP contribution is -2.24. The van der Waals surface area contributed by atoms with Crippen molar-refractivity contribution in [1.29, 1.82) is 5.26 Å². The van der Waals surface area contributed by atoms with Crippen LogP contribution in [-0.4, -0.2) is 14.6 Å². The van der Waals surface area contributed by atoms with E-state index in [4.69, 9.17) is 0 Å². The Balaban J connectivity index is 2.40. The molecule has 0 radical (unpaired) electrons. The van der Waals surface area contributed by atoms with Crippen molar-refractivity contribution in [2.24, 2.45) is 10.2 Å². The maximum absolute atomic E-state index is 12.5. The van der Waals surface area contributed by atoms with E-state index in [1.165, 1.54) is 31.2 Å². The zero-order chi connectivity index (χ0) is 20.7. The first kappa shape index (κ1) is 20.8. The fourth-order valence-electron chi connectivity index (χ4n) is 2.71. The number of rotatable bonds is 8. The second-order valence-electron chi connectivity index (χ2n) is 6.27. The normalized spacial score (nSPS) is 10.9. The van der Waals surface area contributed by atoms with Crippen molar-refractivity contribution >= 4 is 17.1 Å². The molecule has 0 unspecified atom stereocenters. The zero-order valence-corrected chi connectivity index (χ0v) is 15.8. The van der Waals surface area contributed by atoms with Crippen LogP contribution in [0.5, 0.6) is 5.88 Å². The molecule has 1 N–H and O–H groups in total. The molecule has 2 rings (SSSR count). The van der Waals surface area contributed by atoms with E-state index in [0.29, 0.717) is 12.1 Å². The van der Waals surface area contributed by atoms with Crippen LogP contribution in [-0.2, 0) is 6.54 Å². The van der Waals surface area contributed by atoms with Gasteiger partial charge in [0, 0.05) is 24.2 Å². The van der Waals surface area contributed by atoms with Crippen molar-refractivity contribution < 1.29 is 10.0 Å². The lowest BCUT2D eigenvalue weighted by molar-refractivity contribution is -0.384. The Morgan fingerprint density at radius 3 is 2.46 bits per heavy atom. The van der Waals surface area contributed by atoms with Gasteiger partial charge < -0.3 is 5.11 Å². The van der Waals surface area contributed by atoms with Gasteiger partial charge in [0.05, 0.1) is 10.6 Å². The molecule has 9 heteroatoms. The van der Waals surface area contributed by atoms with Gasteiger partial charge in [-0.3, -0.25) is 19.5 Å². The SMILES string of the molecule is CCCCCCn1c(O)c(N=Nc2ccc([N+](=O)[O-])cc2)c(C)c(C#N)c1=O. The number of nitro groups is 1. The summed E-state index contributed by atoms with van der Waals surface area (Å²) in [6, 6.07) is 7.28. The summed E-state index contributed by atoms with van der Waals surface area (Å²) in [7, 11) is 0. The zero-order valence-electron chi connectivity index (χ0n) is 15.8. The predicted octanol–water partition coefficient (Wildman–Crippen LogP) is 4.64. The number of nitrogens with zero attached hydrogens (tertiary/aromatic N) is 5. The molecule has 1 aromatic carbocycles. The van der Waals surface area contributed by atoms with E-state index in [0.717, 1.165) is 23.8 Å². The van der Waals surface area contributed by atoms with Crippen molar-refractivity contribution in [2.45, 2.75) is 46.1 Å². The molecule has 0 atom stereocenters. The molecule has 0 aliphatic rings. The molecular formula is C19H21N5O4. The van der Waals surface area contributed by atoms with Crippen molar-refractivity contribution in [3.8, 4) is 11.9 Å². The van der Waals surface area contributed by atoms with Crippen LogP contribution >= 0.6 is 0 Å². The van der Waals surface area contributed by atoms with E-state index in [-0.39, 0.29) is 34.9 Å². The van der Waals surface area contributed by atoms with Crippen molar-refractivity contribution in [2.75, 3.05) is 0 Å². The number of nitro benzene ring substituents is 1. The summed E-state index contributed by atoms with van der Waals surface area (Å²) in [5.74, 6) is -0.344. The van der Waals surface area contributed by atoms with Gasteiger partial charge in [0.25, 0.3) is 11.2 Å². The van der Waals surface area contributed by atoms with Crippen LogP contribution in [0.25, 0.3) is 0 Å². The summed E-state index contributed by atoms with van der Waals surface area (Å²) >= 11 is 0. The molecule has 146 valence electrons. The van der Waals surface area contributed by atoms with E-state index in [9.17, 15) is 25.3 Å². The fraction of sp³-hybridized carbons (Fsp3) is 0.368. The number of hydrogen-bond acceptors (Lipinski definition) is 7. The molecule has 1 heterocycles. The van der Waals surface area contributed by atoms with Crippen LogP contribution in [0.2, 0.25) is 0 Å². The first-order chi connectivity index (χ1) is 13.4. The van der Waals surface area contributed by atoms with Gasteiger partial charge in [-0.05, 0) is 25.5 Å². The highest BCUT2D eigenvalue weighted by Crippen LogP contribution is 2.32. The predicted molar refractivity (Wildman–Crippen MR) is 103 cm³/mol. The molecule has 28 heavy (non-hydrogen) atoms. The number of azo groups is 1. The van der Waals surface area contributed by atoms with Gasteiger partial charge in [0.1, 0.15) is 11.6 Å². The standard InChI is InChI=1S/C19H21N5O4/c1-3-4-5-6-11-23-18(25)16(12-20)13(2)17(19(23)26)22-21-14-7-9-15(10-8-14)24(27)28/h7-10,26H,3-6,11H2,1-2H3. The van der Waals surface area contributed by atoms with Gasteiger partial charge in [-0.25, -0.2) is 0 Å². The monoisotopic (exact) mass is 383 g/mol. The largest absolute Gasteiger partial charge is 0.493 e. The Morgan fingerprint density at radius 2 is 1.89 bits per heavy atom. The summed E-state index contributed by atoms with van der Waals surface area (Å²) in [5, 5.41) is 38.5. The number of nitriles is 1. The van der Waals surface area contributed by atoms with E-state index in [2.05, 4.69) is 17.2 Å². The molecule has 0 aliphatic heterocycles. The Morgan fingerprint density at radius 1 is 1.21 bits per heavy atom. The van der Waals surface area contributed by atoms with E-state index in [1.807, 2.05) is 6.07 Å². The molecule has 0 bridgehead atoms. The van der Waals surface area contributed by atoms with E-state index < -0.39 is 10.5 Å². The molecule has 2 aromatic rings. The Bertz CT molecular complexity index is 987. The van der Waals surface area contributed by atoms with Crippen molar-refractivity contribution in [1.82, 2.24) is 4.57 Å². The van der Waals surface area contributed by atoms with Gasteiger partial charge in [-0.15, -0.1) is 5.11 Å². The number of non-ortho nitro benzene ring substituents is 1. The molecule has 0 spiro atoms. The van der Waals surface area contributed by atoms with Crippen LogP contribution in [0, 0.1) is 28.4 Å². The third-order valence-electron chi connectivity index (χ3n) is 4.33. The minimum absolute atomic E-state index is 0.0324. The number of aromatic nitrogens is 1. The Labute approximate surface area is 161 Å². The van der Waals surface area contributed by atoms with Gasteiger partial charge in [0.2, 0.25) is 5.88 Å². The molecule has 1 aromatic heterocycles. The van der Waals surface area contributed by atoms with Gasteiger partial charge in [-0.2, -0.15) is 10.4 Å². The summed E-state index contributed by atoms with van der Waals surface area (Å²) in [5.41, 5.74) is -0.117. The quantitative estimate of drug-likeness (QED) is 0.307. The van der Waals surface area contributed by atoms with E-state index >= 15 is 0 Å². The van der Waals surface area contributed by atoms with Crippen LogP contribution in [0.15, 0.2) is 39.3 Å². The first-order valence-corrected chi connectivity index (χ1v) is 8.93. The van der Waals surface area contributed by atoms with Crippen LogP contribution < -0.4 is 5.56 Å². The fourth-order valence-corrected chi connectivity index (χ4v) is 2.71. The van der Waals surface area contributed by atoms with Crippen LogP contribution in [0.4, 0.5) is 17.1 Å². The minimum atomic E-state index is -0.553. The second kappa shape index (κ2) is 9.41. The maximum Gasteiger partial charge on any atom is 0.271 e. The molecule has 0 aliphatic carbocycles. The number of unbranched alkanes of at least 4 members (excludes halogenated alkanes) is 3. The lowest BCUT2D eigenvalue weighted by atomic mass is 10.1. The summed E-state index contributed by atoms with van der Waals surface area (Å²) in [6.45, 7) is 3.87. The average Bonchev–Trinajstić information content (AvgIpc) is 2.68. The molecule has 0 amide bonds. The highest BCUT2D eigenvalue weighted by Gasteiger charge is 2.19. The molecule has 0 saturated heterocycles. The third kappa shape index (κ3) is 4.59. The molecule has 0 saturated carbocycles. The summed E-state index contributed by atoms with van der Waals surface area (Å²) < 4.78 is 1.14. The highest BCUT2D eigenvalue weighted by atomic mass is 16.6. The van der Waals surface area contributed by atoms with Gasteiger partial charge in [0.15, 0.2) is 5.69 Å². The molecular weight excluding hydrogens is 362 g/mol. The smallest absolute Gasteiger partial charge is 0.271 e. The van der Waals surface area contributed by atoms with Crippen molar-refractivity contribution in [3.63, 3.8) is 0 Å². The number of hydrogen-bond donors (Lipinski definition) is 1. The van der Waals surface area contributed by atoms with Crippen molar-refractivity contribution in [3.05, 3.63) is 55.9 Å². The van der Waals surface area contributed by atoms with Crippen LogP contribution in [0.3, 0.4) is 0 Å². The number of aromatic hydroxyl groups is 1. The average molecular weight is 383 g/mol. The molecule has 0 fully saturated rings. The number of benzene rings is 1. The van der Waals surface area contributed by atoms with Gasteiger partial charge in [-0.1, -0.05) is 26.2 Å². The highest BCUT2D eigenvalue weighted by molar-refractivity contribution is 5.59. The Hall–Kier alpha value is -3.54. The lowest BCUT2D eigenvalue weighted by Gasteiger charge is -2.13. The minimum Gasteiger partial charge on any atom is -0.493 e. The first-order valence-electron chi connectivity index (χ1n) is 8.93. The summed E-state index contributed by atoms with van der Waals surface area (Å²) in [4.78, 5) is 22.7. The summed E-state index contributed by atoms with van der Waals surface area (Å²) in [6.07, 6.45) is 3.64. The number of pyridine rings is 1. The van der Waals surface area contributed by atoms with E-state index in [1.54, 1.807) is 0 Å². The molecule has 9 nitrogen and oxygen atoms in total. The Kier molecular flexibility index (Phi) is 6.98. The maximum atomic E-state index is 12.5. The topological polar surface area (TPSA) is 134 Å². The third-order valence-corrected chi connectivity index (χ3v) is 4.33.